The number of benzene rings is 1. The molecule has 0 atom stereocenters. The van der Waals surface area contributed by atoms with Crippen LogP contribution < -0.4 is 5.32 Å². The van der Waals surface area contributed by atoms with Gasteiger partial charge in [-0.3, -0.25) is 14.9 Å². The van der Waals surface area contributed by atoms with E-state index in [2.05, 4.69) is 17.1 Å². The molecule has 2 amide bonds. The van der Waals surface area contributed by atoms with E-state index in [4.69, 9.17) is 4.84 Å². The number of amides is 2. The van der Waals surface area contributed by atoms with Crippen molar-refractivity contribution in [2.24, 2.45) is 5.16 Å². The number of nitrogens with zero attached hydrogens (tertiary/aromatic N) is 1. The second kappa shape index (κ2) is 4.61. The summed E-state index contributed by atoms with van der Waals surface area (Å²) < 4.78 is 0. The van der Waals surface area contributed by atoms with Crippen LogP contribution in [0, 0.1) is 0 Å². The molecule has 1 heterocycles. The van der Waals surface area contributed by atoms with E-state index < -0.39 is 11.8 Å². The lowest BCUT2D eigenvalue weighted by molar-refractivity contribution is -0.114. The lowest BCUT2D eigenvalue weighted by atomic mass is 9.98. The van der Waals surface area contributed by atoms with E-state index >= 15 is 0 Å². The number of imide groups is 1. The fraction of sp³-hybridized carbons (Fsp3) is 0.0833. The molecule has 0 unspecified atom stereocenters. The highest BCUT2D eigenvalue weighted by Gasteiger charge is 2.28. The predicted molar refractivity (Wildman–Crippen MR) is 61.6 cm³/mol. The number of oxime groups is 1. The van der Waals surface area contributed by atoms with Crippen LogP contribution in [0.3, 0.4) is 0 Å². The maximum absolute atomic E-state index is 11.6. The number of carbonyl (C=O) groups excluding carboxylic acids is 2. The van der Waals surface area contributed by atoms with Crippen LogP contribution in [-0.4, -0.2) is 24.1 Å². The average Bonchev–Trinajstić information content (AvgIpc) is 2.33. The van der Waals surface area contributed by atoms with Gasteiger partial charge in [0.25, 0.3) is 11.8 Å². The van der Waals surface area contributed by atoms with Gasteiger partial charge in [-0.2, -0.15) is 0 Å². The third kappa shape index (κ3) is 2.08. The monoisotopic (exact) mass is 230 g/mol. The molecular formula is C12H10N2O3. The van der Waals surface area contributed by atoms with Crippen molar-refractivity contribution in [2.45, 2.75) is 0 Å². The van der Waals surface area contributed by atoms with Crippen LogP contribution in [0.2, 0.25) is 0 Å². The van der Waals surface area contributed by atoms with Crippen molar-refractivity contribution in [1.82, 2.24) is 5.32 Å². The first-order valence-electron chi connectivity index (χ1n) is 5.00. The Bertz CT molecular complexity index is 520. The summed E-state index contributed by atoms with van der Waals surface area (Å²) in [5.41, 5.74) is 0.986. The standard InChI is InChI=1S/C12H10N2O3/c1-2-7-17-14-10-8-5-3-4-6-9(8)11(15)13-12(10)16/h2-6H,1,7H2,(H,13,15,16). The summed E-state index contributed by atoms with van der Waals surface area (Å²) in [5, 5.41) is 5.91. The third-order valence-electron chi connectivity index (χ3n) is 2.22. The molecule has 5 heteroatoms. The quantitative estimate of drug-likeness (QED) is 0.362. The first kappa shape index (κ1) is 11.1. The smallest absolute Gasteiger partial charge is 0.280 e. The van der Waals surface area contributed by atoms with Crippen LogP contribution in [0.4, 0.5) is 0 Å². The molecule has 0 bridgehead atoms. The zero-order valence-electron chi connectivity index (χ0n) is 8.97. The number of hydrogen-bond acceptors (Lipinski definition) is 4. The van der Waals surface area contributed by atoms with Crippen LogP contribution in [0.15, 0.2) is 42.1 Å². The van der Waals surface area contributed by atoms with E-state index in [0.717, 1.165) is 0 Å². The van der Waals surface area contributed by atoms with Crippen molar-refractivity contribution in [2.75, 3.05) is 6.61 Å². The van der Waals surface area contributed by atoms with Crippen LogP contribution in [0.1, 0.15) is 15.9 Å². The second-order valence-electron chi connectivity index (χ2n) is 3.35. The van der Waals surface area contributed by atoms with Gasteiger partial charge in [-0.15, -0.1) is 0 Å². The van der Waals surface area contributed by atoms with Gasteiger partial charge >= 0.3 is 0 Å². The molecule has 1 aromatic rings. The van der Waals surface area contributed by atoms with Gasteiger partial charge in [0.2, 0.25) is 0 Å². The van der Waals surface area contributed by atoms with Crippen molar-refractivity contribution >= 4 is 17.5 Å². The fourth-order valence-electron chi connectivity index (χ4n) is 1.48. The van der Waals surface area contributed by atoms with Crippen LogP contribution in [-0.2, 0) is 9.63 Å². The van der Waals surface area contributed by atoms with E-state index in [-0.39, 0.29) is 12.3 Å². The van der Waals surface area contributed by atoms with Crippen LogP contribution >= 0.6 is 0 Å². The van der Waals surface area contributed by atoms with Crippen LogP contribution in [0.5, 0.6) is 0 Å². The van der Waals surface area contributed by atoms with Gasteiger partial charge in [0.1, 0.15) is 6.61 Å². The zero-order chi connectivity index (χ0) is 12.3. The highest BCUT2D eigenvalue weighted by atomic mass is 16.6. The minimum absolute atomic E-state index is 0.0991. The molecule has 1 N–H and O–H groups in total. The SMILES string of the molecule is C=CCON=C1C(=O)NC(=O)c2ccccc21. The molecular weight excluding hydrogens is 220 g/mol. The summed E-state index contributed by atoms with van der Waals surface area (Å²) in [6.45, 7) is 3.67. The van der Waals surface area contributed by atoms with Crippen molar-refractivity contribution in [1.29, 1.82) is 0 Å². The summed E-state index contributed by atoms with van der Waals surface area (Å²) in [5.74, 6) is -0.981. The first-order valence-corrected chi connectivity index (χ1v) is 5.00. The number of rotatable bonds is 3. The zero-order valence-corrected chi connectivity index (χ0v) is 8.97. The average molecular weight is 230 g/mol. The molecule has 86 valence electrons. The Kier molecular flexibility index (Phi) is 3.00. The number of nitrogens with one attached hydrogen (secondary N) is 1. The number of carbonyl (C=O) groups is 2. The molecule has 17 heavy (non-hydrogen) atoms. The molecule has 0 fully saturated rings. The van der Waals surface area contributed by atoms with E-state index in [1.165, 1.54) is 6.08 Å². The normalized spacial score (nSPS) is 16.4. The molecule has 0 saturated carbocycles. The van der Waals surface area contributed by atoms with E-state index in [9.17, 15) is 9.59 Å². The van der Waals surface area contributed by atoms with Gasteiger partial charge in [0.15, 0.2) is 5.71 Å². The number of hydrogen-bond donors (Lipinski definition) is 1. The molecule has 2 rings (SSSR count). The Hall–Kier alpha value is -2.43. The van der Waals surface area contributed by atoms with Gasteiger partial charge in [-0.05, 0) is 6.07 Å². The molecule has 0 saturated heterocycles. The summed E-state index contributed by atoms with van der Waals surface area (Å²) in [4.78, 5) is 28.0. The van der Waals surface area contributed by atoms with E-state index in [1.54, 1.807) is 24.3 Å². The summed E-state index contributed by atoms with van der Waals surface area (Å²) in [7, 11) is 0. The minimum atomic E-state index is -0.558. The molecule has 0 spiro atoms. The van der Waals surface area contributed by atoms with Crippen molar-refractivity contribution in [3.63, 3.8) is 0 Å². The van der Waals surface area contributed by atoms with Gasteiger partial charge in [-0.1, -0.05) is 36.0 Å². The Morgan fingerprint density at radius 1 is 1.24 bits per heavy atom. The largest absolute Gasteiger partial charge is 0.391 e. The van der Waals surface area contributed by atoms with E-state index in [1.807, 2.05) is 0 Å². The van der Waals surface area contributed by atoms with E-state index in [0.29, 0.717) is 11.1 Å². The minimum Gasteiger partial charge on any atom is -0.391 e. The lowest BCUT2D eigenvalue weighted by Gasteiger charge is -2.15. The Balaban J connectivity index is 2.42. The van der Waals surface area contributed by atoms with Crippen LogP contribution in [0.25, 0.3) is 0 Å². The maximum Gasteiger partial charge on any atom is 0.280 e. The molecule has 0 aliphatic carbocycles. The highest BCUT2D eigenvalue weighted by Crippen LogP contribution is 2.14. The molecule has 0 aromatic heterocycles. The Morgan fingerprint density at radius 3 is 2.65 bits per heavy atom. The summed E-state index contributed by atoms with van der Waals surface area (Å²) in [6.07, 6.45) is 1.52. The summed E-state index contributed by atoms with van der Waals surface area (Å²) >= 11 is 0. The Labute approximate surface area is 97.8 Å². The van der Waals surface area contributed by atoms with Gasteiger partial charge in [0, 0.05) is 11.1 Å². The first-order chi connectivity index (χ1) is 8.24. The molecule has 1 aliphatic rings. The number of fused-ring (bicyclic) bond motifs is 1. The highest BCUT2D eigenvalue weighted by molar-refractivity contribution is 6.51. The summed E-state index contributed by atoms with van der Waals surface area (Å²) in [6, 6.07) is 6.73. The fourth-order valence-corrected chi connectivity index (χ4v) is 1.48. The van der Waals surface area contributed by atoms with Crippen molar-refractivity contribution < 1.29 is 14.4 Å². The molecule has 0 radical (unpaired) electrons. The van der Waals surface area contributed by atoms with Crippen molar-refractivity contribution in [3.8, 4) is 0 Å². The third-order valence-corrected chi connectivity index (χ3v) is 2.22. The Morgan fingerprint density at radius 2 is 1.94 bits per heavy atom. The topological polar surface area (TPSA) is 67.8 Å². The van der Waals surface area contributed by atoms with Gasteiger partial charge in [0.05, 0.1) is 0 Å². The lowest BCUT2D eigenvalue weighted by Crippen LogP contribution is -2.42. The molecule has 1 aromatic carbocycles. The predicted octanol–water partition coefficient (Wildman–Crippen LogP) is 0.863. The second-order valence-corrected chi connectivity index (χ2v) is 3.35. The van der Waals surface area contributed by atoms with Crippen molar-refractivity contribution in [3.05, 3.63) is 48.0 Å². The maximum atomic E-state index is 11.6. The molecule has 1 aliphatic heterocycles. The molecule has 5 nitrogen and oxygen atoms in total. The van der Waals surface area contributed by atoms with Gasteiger partial charge in [-0.25, -0.2) is 0 Å². The van der Waals surface area contributed by atoms with Gasteiger partial charge < -0.3 is 4.84 Å².